The van der Waals surface area contributed by atoms with Crippen LogP contribution >= 0.6 is 17.0 Å². The average molecular weight is 787 g/mol. The summed E-state index contributed by atoms with van der Waals surface area (Å²) in [5, 5.41) is 5.37. The molecule has 0 fully saturated rings. The standard InChI is InChI=1S/2C16H13.2C3H7NO.2ClH.Ga.Zr/c2*1-12-10-14-8-5-9-15(16(14)11-12)13-6-3-2-4-7-13;2*1-2-3(4)5;;;;/h2*2-11H,1H3;2*2H2,1H3,(H2,4,5);2*1H;;/q2*-1;;;;;+2;+4/p-4. The van der Waals surface area contributed by atoms with Crippen LogP contribution in [0.15, 0.2) is 121 Å². The van der Waals surface area contributed by atoms with E-state index < -0.39 is 38.7 Å². The molecular weight excluding hydrogens is 748 g/mol. The van der Waals surface area contributed by atoms with Gasteiger partial charge in [-0.05, 0) is 11.1 Å². The number of nitrogens with one attached hydrogen (secondary N) is 2. The molecular formula is C38H38Cl2GaN2O2Zr. The van der Waals surface area contributed by atoms with Gasteiger partial charge in [0, 0.05) is 0 Å². The van der Waals surface area contributed by atoms with Crippen LogP contribution in [0.3, 0.4) is 0 Å². The van der Waals surface area contributed by atoms with E-state index in [-0.39, 0.29) is 11.8 Å². The van der Waals surface area contributed by atoms with Gasteiger partial charge < -0.3 is 0 Å². The fraction of sp³-hybridized carbons (Fsp3) is 0.158. The molecule has 0 atom stereocenters. The fourth-order valence-electron chi connectivity index (χ4n) is 4.91. The zero-order valence-corrected chi connectivity index (χ0v) is 33.0. The van der Waals surface area contributed by atoms with Crippen molar-refractivity contribution >= 4 is 68.3 Å². The van der Waals surface area contributed by atoms with Gasteiger partial charge >= 0.3 is 112 Å². The van der Waals surface area contributed by atoms with Crippen LogP contribution in [0.25, 0.3) is 43.8 Å². The zero-order chi connectivity index (χ0) is 33.3. The van der Waals surface area contributed by atoms with Crippen LogP contribution in [0.5, 0.6) is 0 Å². The molecule has 0 saturated carbocycles. The molecule has 2 amide bonds. The molecule has 0 saturated heterocycles. The maximum atomic E-state index is 10.7. The van der Waals surface area contributed by atoms with Gasteiger partial charge in [-0.2, -0.15) is 12.1 Å². The summed E-state index contributed by atoms with van der Waals surface area (Å²) in [7, 11) is 9.87. The Bertz CT molecular complexity index is 1670. The molecule has 233 valence electrons. The number of hydrogen-bond donors (Lipinski definition) is 2. The maximum absolute atomic E-state index is 10.7. The summed E-state index contributed by atoms with van der Waals surface area (Å²) in [5.41, 5.74) is 7.89. The van der Waals surface area contributed by atoms with Gasteiger partial charge in [-0.15, -0.1) is 69.1 Å². The van der Waals surface area contributed by atoms with E-state index in [1.807, 2.05) is 0 Å². The third kappa shape index (κ3) is 11.7. The summed E-state index contributed by atoms with van der Waals surface area (Å²) in [6.07, 6.45) is 0.971. The molecule has 0 spiro atoms. The minimum atomic E-state index is -1.05. The van der Waals surface area contributed by atoms with Gasteiger partial charge in [0.15, 0.2) is 0 Å². The Hall–Kier alpha value is -2.86. The van der Waals surface area contributed by atoms with E-state index in [9.17, 15) is 9.59 Å². The Morgan fingerprint density at radius 1 is 0.630 bits per heavy atom. The van der Waals surface area contributed by atoms with E-state index in [0.717, 1.165) is 0 Å². The predicted octanol–water partition coefficient (Wildman–Crippen LogP) is 10.0. The Balaban J connectivity index is 0.000000184. The number of hydrogen-bond acceptors (Lipinski definition) is 2. The molecule has 6 aromatic rings. The predicted molar refractivity (Wildman–Crippen MR) is 194 cm³/mol. The molecule has 0 aliphatic carbocycles. The monoisotopic (exact) mass is 783 g/mol. The third-order valence-electron chi connectivity index (χ3n) is 7.07. The number of carbonyl (C=O) groups excluding carboxylic acids is 2. The van der Waals surface area contributed by atoms with E-state index in [2.05, 4.69) is 143 Å². The van der Waals surface area contributed by atoms with Crippen LogP contribution < -0.4 is 8.05 Å². The summed E-state index contributed by atoms with van der Waals surface area (Å²) < 4.78 is 5.37. The number of carbonyl (C=O) groups is 2. The number of benzene rings is 4. The van der Waals surface area contributed by atoms with E-state index in [4.69, 9.17) is 17.0 Å². The summed E-state index contributed by atoms with van der Waals surface area (Å²) in [4.78, 5) is 21.3. The van der Waals surface area contributed by atoms with Crippen molar-refractivity contribution in [3.8, 4) is 22.3 Å². The first kappa shape index (κ1) is 37.6. The number of amides is 2. The molecule has 2 N–H and O–H groups in total. The van der Waals surface area contributed by atoms with Crippen LogP contribution in [0.4, 0.5) is 0 Å². The Kier molecular flexibility index (Phi) is 16.7. The quantitative estimate of drug-likeness (QED) is 0.131. The van der Waals surface area contributed by atoms with Crippen LogP contribution in [-0.2, 0) is 30.4 Å². The topological polar surface area (TPSA) is 58.2 Å². The second-order valence-electron chi connectivity index (χ2n) is 10.5. The van der Waals surface area contributed by atoms with Crippen LogP contribution in [0.1, 0.15) is 37.8 Å². The summed E-state index contributed by atoms with van der Waals surface area (Å²) in [6, 6.07) is 43.1. The van der Waals surface area contributed by atoms with Crippen LogP contribution in [0, 0.1) is 13.8 Å². The van der Waals surface area contributed by atoms with Crippen molar-refractivity contribution in [2.45, 2.75) is 40.5 Å². The molecule has 0 bridgehead atoms. The van der Waals surface area contributed by atoms with Gasteiger partial charge in [-0.1, -0.05) is 97.8 Å². The second kappa shape index (κ2) is 20.4. The van der Waals surface area contributed by atoms with E-state index in [1.165, 1.54) is 54.9 Å². The Labute approximate surface area is 299 Å². The third-order valence-corrected chi connectivity index (χ3v) is 9.02. The van der Waals surface area contributed by atoms with Crippen molar-refractivity contribution in [3.05, 3.63) is 132 Å². The Morgan fingerprint density at radius 2 is 1.00 bits per heavy atom. The molecule has 8 heteroatoms. The molecule has 4 nitrogen and oxygen atoms in total. The zero-order valence-electron chi connectivity index (χ0n) is 26.6. The van der Waals surface area contributed by atoms with Gasteiger partial charge in [0.05, 0.1) is 0 Å². The first-order valence-electron chi connectivity index (χ1n) is 15.1. The van der Waals surface area contributed by atoms with E-state index in [1.54, 1.807) is 13.8 Å². The van der Waals surface area contributed by atoms with Crippen LogP contribution in [0.2, 0.25) is 0 Å². The fourth-order valence-corrected chi connectivity index (χ4v) is 6.59. The summed E-state index contributed by atoms with van der Waals surface area (Å²) >= 11 is -1.87. The number of aryl methyl sites for hydroxylation is 2. The molecule has 0 aliphatic rings. The van der Waals surface area contributed by atoms with Gasteiger partial charge in [-0.25, -0.2) is 0 Å². The molecule has 6 rings (SSSR count). The van der Waals surface area contributed by atoms with Gasteiger partial charge in [-0.3, -0.25) is 0 Å². The minimum absolute atomic E-state index is 0.0152. The molecule has 6 aromatic carbocycles. The molecule has 46 heavy (non-hydrogen) atoms. The van der Waals surface area contributed by atoms with Gasteiger partial charge in [0.2, 0.25) is 0 Å². The van der Waals surface area contributed by atoms with E-state index >= 15 is 0 Å². The van der Waals surface area contributed by atoms with Crippen molar-refractivity contribution in [2.75, 3.05) is 0 Å². The van der Waals surface area contributed by atoms with Crippen molar-refractivity contribution in [1.82, 2.24) is 8.05 Å². The number of fused-ring (bicyclic) bond motifs is 2. The molecule has 0 aliphatic heterocycles. The first-order valence-corrected chi connectivity index (χ1v) is 23.9. The van der Waals surface area contributed by atoms with Crippen molar-refractivity contribution in [1.29, 1.82) is 0 Å². The van der Waals surface area contributed by atoms with Crippen molar-refractivity contribution < 1.29 is 30.4 Å². The molecule has 0 heterocycles. The first-order chi connectivity index (χ1) is 22.3. The van der Waals surface area contributed by atoms with E-state index in [0.29, 0.717) is 12.8 Å². The number of rotatable bonds is 6. The van der Waals surface area contributed by atoms with Crippen molar-refractivity contribution in [2.24, 2.45) is 0 Å². The second-order valence-corrected chi connectivity index (χ2v) is 16.0. The SMILES string of the molecule is CCC(=O)[NH][Ga][NH]C(=O)CC.Cc1cc2c(-c3ccccc3)cccc2[cH-]1.Cc1cc2c(-c3ccccc3)cccc2[cH-]1.[Cl][Zr+2][Cl]. The number of halogens is 2. The molecule has 1 radical (unpaired) electrons. The van der Waals surface area contributed by atoms with Gasteiger partial charge in [0.25, 0.3) is 0 Å². The summed E-state index contributed by atoms with van der Waals surface area (Å²) in [5.74, 6) is 0.0304. The van der Waals surface area contributed by atoms with Gasteiger partial charge in [0.1, 0.15) is 0 Å². The van der Waals surface area contributed by atoms with Crippen LogP contribution in [-0.4, -0.2) is 29.7 Å². The summed E-state index contributed by atoms with van der Waals surface area (Å²) in [6.45, 7) is 7.87. The average Bonchev–Trinajstić information content (AvgIpc) is 3.67. The molecule has 0 aromatic heterocycles. The Morgan fingerprint density at radius 3 is 1.35 bits per heavy atom. The normalized spacial score (nSPS) is 9.78. The molecule has 0 unspecified atom stereocenters. The van der Waals surface area contributed by atoms with Crippen molar-refractivity contribution in [3.63, 3.8) is 0 Å².